The molecule has 0 spiro atoms. The largest absolute Gasteiger partial charge is 0.506 e. The van der Waals surface area contributed by atoms with E-state index in [4.69, 9.17) is 46.4 Å². The number of halogens is 4. The molecule has 2 aromatic carbocycles. The number of phenolic OH excluding ortho intramolecular Hbond substituents is 2. The van der Waals surface area contributed by atoms with Crippen molar-refractivity contribution in [1.29, 1.82) is 0 Å². The fourth-order valence-corrected chi connectivity index (χ4v) is 4.83. The van der Waals surface area contributed by atoms with Gasteiger partial charge in [-0.2, -0.15) is 0 Å². The standard InChI is InChI=1S/C19H20Cl4O2/c1-7-9(3)17(24)15(22)13(20)11(7)19(5,6)12-8(2)10(4)18(25)16(23)14(12)21/h24-25H,1-6H3. The Bertz CT molecular complexity index is 756. The third-order valence-electron chi connectivity index (χ3n) is 5.08. The lowest BCUT2D eigenvalue weighted by Gasteiger charge is -2.33. The van der Waals surface area contributed by atoms with Crippen molar-refractivity contribution in [3.05, 3.63) is 53.5 Å². The fraction of sp³-hybridized carbons (Fsp3) is 0.368. The van der Waals surface area contributed by atoms with E-state index in [1.54, 1.807) is 13.8 Å². The van der Waals surface area contributed by atoms with Crippen LogP contribution >= 0.6 is 46.4 Å². The van der Waals surface area contributed by atoms with E-state index in [2.05, 4.69) is 0 Å². The van der Waals surface area contributed by atoms with Gasteiger partial charge in [0, 0.05) is 5.41 Å². The van der Waals surface area contributed by atoms with Gasteiger partial charge in [-0.1, -0.05) is 60.3 Å². The second-order valence-corrected chi connectivity index (χ2v) is 8.34. The second kappa shape index (κ2) is 6.74. The lowest BCUT2D eigenvalue weighted by molar-refractivity contribution is 0.468. The van der Waals surface area contributed by atoms with Crippen molar-refractivity contribution in [2.24, 2.45) is 0 Å². The van der Waals surface area contributed by atoms with Crippen LogP contribution in [-0.2, 0) is 5.41 Å². The highest BCUT2D eigenvalue weighted by Crippen LogP contribution is 2.51. The van der Waals surface area contributed by atoms with Crippen LogP contribution in [0.2, 0.25) is 20.1 Å². The molecule has 0 saturated carbocycles. The molecule has 25 heavy (non-hydrogen) atoms. The van der Waals surface area contributed by atoms with E-state index >= 15 is 0 Å². The van der Waals surface area contributed by atoms with Gasteiger partial charge in [0.25, 0.3) is 0 Å². The molecule has 0 aliphatic carbocycles. The molecule has 0 aliphatic heterocycles. The van der Waals surface area contributed by atoms with Gasteiger partial charge in [0.1, 0.15) is 21.5 Å². The van der Waals surface area contributed by atoms with E-state index in [0.717, 1.165) is 22.3 Å². The number of aromatic hydroxyl groups is 2. The Morgan fingerprint density at radius 1 is 0.560 bits per heavy atom. The van der Waals surface area contributed by atoms with Gasteiger partial charge in [-0.15, -0.1) is 0 Å². The predicted octanol–water partition coefficient (Wildman–Crippen LogP) is 7.27. The van der Waals surface area contributed by atoms with E-state index in [9.17, 15) is 10.2 Å². The zero-order chi connectivity index (χ0) is 19.4. The van der Waals surface area contributed by atoms with Crippen LogP contribution in [-0.4, -0.2) is 10.2 Å². The van der Waals surface area contributed by atoms with Crippen LogP contribution < -0.4 is 0 Å². The zero-order valence-electron chi connectivity index (χ0n) is 14.9. The lowest BCUT2D eigenvalue weighted by Crippen LogP contribution is -2.24. The Labute approximate surface area is 168 Å². The molecule has 6 heteroatoms. The van der Waals surface area contributed by atoms with Crippen LogP contribution in [0.4, 0.5) is 0 Å². The van der Waals surface area contributed by atoms with Crippen LogP contribution in [0, 0.1) is 27.7 Å². The summed E-state index contributed by atoms with van der Waals surface area (Å²) in [5, 5.41) is 21.1. The smallest absolute Gasteiger partial charge is 0.138 e. The quantitative estimate of drug-likeness (QED) is 0.535. The predicted molar refractivity (Wildman–Crippen MR) is 107 cm³/mol. The molecule has 0 amide bonds. The Kier molecular flexibility index (Phi) is 5.53. The molecule has 2 N–H and O–H groups in total. The summed E-state index contributed by atoms with van der Waals surface area (Å²) < 4.78 is 0. The van der Waals surface area contributed by atoms with Crippen molar-refractivity contribution in [2.45, 2.75) is 47.0 Å². The van der Waals surface area contributed by atoms with Gasteiger partial charge in [-0.3, -0.25) is 0 Å². The highest BCUT2D eigenvalue weighted by atomic mass is 35.5. The van der Waals surface area contributed by atoms with Gasteiger partial charge in [0.15, 0.2) is 0 Å². The fourth-order valence-electron chi connectivity index (χ4n) is 3.43. The number of hydrogen-bond acceptors (Lipinski definition) is 2. The lowest BCUT2D eigenvalue weighted by atomic mass is 9.73. The molecule has 0 heterocycles. The number of rotatable bonds is 2. The number of hydrogen-bond donors (Lipinski definition) is 2. The first-order valence-electron chi connectivity index (χ1n) is 7.70. The topological polar surface area (TPSA) is 40.5 Å². The third kappa shape index (κ3) is 2.98. The van der Waals surface area contributed by atoms with Crippen LogP contribution in [0.25, 0.3) is 0 Å². The van der Waals surface area contributed by atoms with E-state index < -0.39 is 5.41 Å². The molecule has 0 aliphatic rings. The average molecular weight is 422 g/mol. The third-order valence-corrected chi connectivity index (χ3v) is 6.76. The van der Waals surface area contributed by atoms with Crippen molar-refractivity contribution >= 4 is 46.4 Å². The van der Waals surface area contributed by atoms with Crippen LogP contribution in [0.3, 0.4) is 0 Å². The molecule has 0 unspecified atom stereocenters. The summed E-state index contributed by atoms with van der Waals surface area (Å²) in [7, 11) is 0. The molecule has 2 rings (SSSR count). The van der Waals surface area contributed by atoms with Gasteiger partial charge in [-0.25, -0.2) is 0 Å². The van der Waals surface area contributed by atoms with E-state index in [1.807, 2.05) is 27.7 Å². The van der Waals surface area contributed by atoms with Crippen molar-refractivity contribution in [3.8, 4) is 11.5 Å². The Balaban J connectivity index is 2.96. The summed E-state index contributed by atoms with van der Waals surface area (Å²) in [6, 6.07) is 0. The highest BCUT2D eigenvalue weighted by molar-refractivity contribution is 6.44. The summed E-state index contributed by atoms with van der Waals surface area (Å²) in [5.74, 6) is -0.0436. The maximum atomic E-state index is 10.2. The summed E-state index contributed by atoms with van der Waals surface area (Å²) in [6.45, 7) is 11.3. The van der Waals surface area contributed by atoms with Crippen LogP contribution in [0.1, 0.15) is 47.2 Å². The maximum absolute atomic E-state index is 10.2. The zero-order valence-corrected chi connectivity index (χ0v) is 17.9. The van der Waals surface area contributed by atoms with Crippen LogP contribution in [0.15, 0.2) is 0 Å². The minimum atomic E-state index is -0.660. The normalized spacial score (nSPS) is 11.9. The van der Waals surface area contributed by atoms with Crippen LogP contribution in [0.5, 0.6) is 11.5 Å². The Morgan fingerprint density at radius 3 is 1.12 bits per heavy atom. The first-order chi connectivity index (χ1) is 11.4. The molecular weight excluding hydrogens is 402 g/mol. The first kappa shape index (κ1) is 20.5. The summed E-state index contributed by atoms with van der Waals surface area (Å²) >= 11 is 25.5. The molecule has 2 aromatic rings. The molecular formula is C19H20Cl4O2. The second-order valence-electron chi connectivity index (χ2n) is 6.83. The monoisotopic (exact) mass is 420 g/mol. The molecule has 0 aromatic heterocycles. The first-order valence-corrected chi connectivity index (χ1v) is 9.22. The Morgan fingerprint density at radius 2 is 0.840 bits per heavy atom. The van der Waals surface area contributed by atoms with Crippen molar-refractivity contribution in [1.82, 2.24) is 0 Å². The van der Waals surface area contributed by atoms with Gasteiger partial charge >= 0.3 is 0 Å². The molecule has 0 bridgehead atoms. The van der Waals surface area contributed by atoms with E-state index in [0.29, 0.717) is 11.1 Å². The molecule has 0 atom stereocenters. The highest BCUT2D eigenvalue weighted by Gasteiger charge is 2.35. The summed E-state index contributed by atoms with van der Waals surface area (Å²) in [6.07, 6.45) is 0. The van der Waals surface area contributed by atoms with Crippen molar-refractivity contribution in [2.75, 3.05) is 0 Å². The molecule has 2 nitrogen and oxygen atoms in total. The van der Waals surface area contributed by atoms with Gasteiger partial charge < -0.3 is 10.2 Å². The minimum Gasteiger partial charge on any atom is -0.506 e. The number of phenols is 2. The van der Waals surface area contributed by atoms with E-state index in [-0.39, 0.29) is 31.6 Å². The maximum Gasteiger partial charge on any atom is 0.138 e. The van der Waals surface area contributed by atoms with Gasteiger partial charge in [0.05, 0.1) is 10.0 Å². The average Bonchev–Trinajstić information content (AvgIpc) is 2.54. The minimum absolute atomic E-state index is 0.0218. The number of benzene rings is 2. The molecule has 0 saturated heterocycles. The molecule has 136 valence electrons. The van der Waals surface area contributed by atoms with Gasteiger partial charge in [0.2, 0.25) is 0 Å². The van der Waals surface area contributed by atoms with Crippen molar-refractivity contribution < 1.29 is 10.2 Å². The molecule has 0 fully saturated rings. The van der Waals surface area contributed by atoms with Gasteiger partial charge in [-0.05, 0) is 61.1 Å². The summed E-state index contributed by atoms with van der Waals surface area (Å²) in [5.41, 5.74) is 3.84. The Hall–Kier alpha value is -0.800. The van der Waals surface area contributed by atoms with Crippen molar-refractivity contribution in [3.63, 3.8) is 0 Å². The molecule has 0 radical (unpaired) electrons. The summed E-state index contributed by atoms with van der Waals surface area (Å²) in [4.78, 5) is 0. The van der Waals surface area contributed by atoms with E-state index in [1.165, 1.54) is 0 Å². The SMILES string of the molecule is Cc1c(C)c(C(C)(C)c2c(C)c(C)c(O)c(Cl)c2Cl)c(Cl)c(Cl)c1O.